The number of nitrogens with zero attached hydrogens (tertiary/aromatic N) is 1. The molecule has 0 saturated heterocycles. The molecule has 0 heterocycles. The molecule has 1 rings (SSSR count). The molecule has 0 spiro atoms. The van der Waals surface area contributed by atoms with Gasteiger partial charge in [0, 0.05) is 30.0 Å². The van der Waals surface area contributed by atoms with E-state index in [0.717, 1.165) is 23.1 Å². The Labute approximate surface area is 157 Å². The van der Waals surface area contributed by atoms with Crippen molar-refractivity contribution in [1.82, 2.24) is 0 Å². The summed E-state index contributed by atoms with van der Waals surface area (Å²) in [5, 5.41) is 9.78. The Morgan fingerprint density at radius 2 is 2.08 bits per heavy atom. The fourth-order valence-corrected chi connectivity index (χ4v) is 3.37. The number of carboxylic acids is 1. The Morgan fingerprint density at radius 1 is 1.40 bits per heavy atom. The molecule has 9 heteroatoms. The number of hydrogen-bond acceptors (Lipinski definition) is 6. The summed E-state index contributed by atoms with van der Waals surface area (Å²) in [5.41, 5.74) is 8.51. The fourth-order valence-electron chi connectivity index (χ4n) is 2.57. The van der Waals surface area contributed by atoms with Crippen molar-refractivity contribution in [3.05, 3.63) is 29.3 Å². The lowest BCUT2D eigenvalue weighted by Crippen LogP contribution is -2.30. The van der Waals surface area contributed by atoms with Gasteiger partial charge in [0.1, 0.15) is 0 Å². The van der Waals surface area contributed by atoms with Gasteiger partial charge in [-0.3, -0.25) is 8.98 Å². The number of carbonyl (C=O) groups is 1. The van der Waals surface area contributed by atoms with E-state index in [2.05, 4.69) is 15.9 Å². The second-order valence-corrected chi connectivity index (χ2v) is 8.21. The van der Waals surface area contributed by atoms with Crippen LogP contribution in [-0.4, -0.2) is 57.3 Å². The summed E-state index contributed by atoms with van der Waals surface area (Å²) in [6.45, 7) is 3.26. The van der Waals surface area contributed by atoms with E-state index in [4.69, 9.17) is 15.0 Å². The quantitative estimate of drug-likeness (QED) is 0.401. The number of rotatable bonds is 11. The molecule has 0 aliphatic carbocycles. The van der Waals surface area contributed by atoms with E-state index in [1.807, 2.05) is 30.0 Å². The maximum absolute atomic E-state index is 11.1. The van der Waals surface area contributed by atoms with Crippen LogP contribution in [0.2, 0.25) is 0 Å². The third kappa shape index (κ3) is 7.72. The number of aryl methyl sites for hydroxylation is 1. The molecule has 25 heavy (non-hydrogen) atoms. The van der Waals surface area contributed by atoms with Gasteiger partial charge in [0.15, 0.2) is 0 Å². The third-order valence-electron chi connectivity index (χ3n) is 3.79. The van der Waals surface area contributed by atoms with Crippen molar-refractivity contribution in [2.24, 2.45) is 5.73 Å². The van der Waals surface area contributed by atoms with E-state index >= 15 is 0 Å². The van der Waals surface area contributed by atoms with E-state index in [9.17, 15) is 13.2 Å². The van der Waals surface area contributed by atoms with Crippen LogP contribution in [0.3, 0.4) is 0 Å². The van der Waals surface area contributed by atoms with Crippen molar-refractivity contribution in [3.8, 4) is 0 Å². The summed E-state index contributed by atoms with van der Waals surface area (Å²) < 4.78 is 27.1. The van der Waals surface area contributed by atoms with Gasteiger partial charge >= 0.3 is 5.97 Å². The predicted octanol–water partition coefficient (Wildman–Crippen LogP) is 1.69. The summed E-state index contributed by atoms with van der Waals surface area (Å²) >= 11 is 3.39. The van der Waals surface area contributed by atoms with Crippen molar-refractivity contribution in [3.63, 3.8) is 0 Å². The maximum Gasteiger partial charge on any atom is 0.304 e. The van der Waals surface area contributed by atoms with Crippen LogP contribution in [0, 0.1) is 6.92 Å². The zero-order valence-electron chi connectivity index (χ0n) is 14.4. The highest BCUT2D eigenvalue weighted by Gasteiger charge is 2.18. The first kappa shape index (κ1) is 21.9. The van der Waals surface area contributed by atoms with Gasteiger partial charge in [0.2, 0.25) is 0 Å². The van der Waals surface area contributed by atoms with Crippen molar-refractivity contribution in [1.29, 1.82) is 0 Å². The number of halogens is 1. The Hall–Kier alpha value is -1.16. The topological polar surface area (TPSA) is 110 Å². The van der Waals surface area contributed by atoms with Crippen LogP contribution in [0.15, 0.2) is 18.2 Å². The Bertz CT molecular complexity index is 681. The Kier molecular flexibility index (Phi) is 8.84. The third-order valence-corrected chi connectivity index (χ3v) is 4.74. The lowest BCUT2D eigenvalue weighted by molar-refractivity contribution is -0.137. The summed E-state index contributed by atoms with van der Waals surface area (Å²) in [6.07, 6.45) is 0.986. The van der Waals surface area contributed by atoms with Crippen molar-refractivity contribution in [2.75, 3.05) is 42.7 Å². The zero-order chi connectivity index (χ0) is 19.0. The van der Waals surface area contributed by atoms with Crippen LogP contribution in [-0.2, 0) is 19.1 Å². The van der Waals surface area contributed by atoms with Gasteiger partial charge in [-0.25, -0.2) is 0 Å². The molecular formula is C16H25BrN2O5S. The number of alkyl halides is 1. The molecule has 1 unspecified atom stereocenters. The van der Waals surface area contributed by atoms with Gasteiger partial charge in [0.05, 0.1) is 19.3 Å². The second-order valence-electron chi connectivity index (χ2n) is 5.77. The summed E-state index contributed by atoms with van der Waals surface area (Å²) in [6, 6.07) is 5.78. The van der Waals surface area contributed by atoms with Crippen LogP contribution in [0.1, 0.15) is 23.5 Å². The first-order valence-corrected chi connectivity index (χ1v) is 10.8. The average molecular weight is 437 g/mol. The average Bonchev–Trinajstić information content (AvgIpc) is 2.51. The molecule has 1 aromatic carbocycles. The van der Waals surface area contributed by atoms with E-state index in [1.54, 1.807) is 0 Å². The number of aliphatic carboxylic acids is 1. The molecule has 3 N–H and O–H groups in total. The van der Waals surface area contributed by atoms with Gasteiger partial charge in [-0.1, -0.05) is 22.0 Å². The Morgan fingerprint density at radius 3 is 2.60 bits per heavy atom. The number of carboxylic acid groups (broad SMARTS) is 1. The SMILES string of the molecule is Cc1ccc(N(CCBr)CCOS(C)(=O)=O)cc1C(CN)CC(=O)O. The molecule has 0 bridgehead atoms. The van der Waals surface area contributed by atoms with Crippen molar-refractivity contribution >= 4 is 37.7 Å². The lowest BCUT2D eigenvalue weighted by atomic mass is 9.91. The number of nitrogens with two attached hydrogens (primary N) is 1. The molecule has 0 fully saturated rings. The molecule has 142 valence electrons. The monoisotopic (exact) mass is 436 g/mol. The van der Waals surface area contributed by atoms with Gasteiger partial charge in [0.25, 0.3) is 10.1 Å². The van der Waals surface area contributed by atoms with Gasteiger partial charge in [-0.05, 0) is 36.7 Å². The highest BCUT2D eigenvalue weighted by atomic mass is 79.9. The van der Waals surface area contributed by atoms with Crippen molar-refractivity contribution in [2.45, 2.75) is 19.3 Å². The highest BCUT2D eigenvalue weighted by Crippen LogP contribution is 2.27. The van der Waals surface area contributed by atoms with Crippen LogP contribution in [0.4, 0.5) is 5.69 Å². The minimum Gasteiger partial charge on any atom is -0.481 e. The van der Waals surface area contributed by atoms with Gasteiger partial charge in [-0.2, -0.15) is 8.42 Å². The second kappa shape index (κ2) is 10.1. The van der Waals surface area contributed by atoms with Crippen LogP contribution < -0.4 is 10.6 Å². The lowest BCUT2D eigenvalue weighted by Gasteiger charge is -2.26. The molecule has 0 aliphatic heterocycles. The molecule has 7 nitrogen and oxygen atoms in total. The van der Waals surface area contributed by atoms with Crippen LogP contribution in [0.5, 0.6) is 0 Å². The molecule has 1 atom stereocenters. The summed E-state index contributed by atoms with van der Waals surface area (Å²) in [7, 11) is -3.48. The number of hydrogen-bond donors (Lipinski definition) is 2. The van der Waals surface area contributed by atoms with Crippen LogP contribution >= 0.6 is 15.9 Å². The summed E-state index contributed by atoms with van der Waals surface area (Å²) in [4.78, 5) is 13.0. The van der Waals surface area contributed by atoms with Crippen LogP contribution in [0.25, 0.3) is 0 Å². The van der Waals surface area contributed by atoms with Crippen molar-refractivity contribution < 1.29 is 22.5 Å². The van der Waals surface area contributed by atoms with E-state index in [0.29, 0.717) is 18.4 Å². The number of benzene rings is 1. The summed E-state index contributed by atoms with van der Waals surface area (Å²) in [5.74, 6) is -1.16. The Balaban J connectivity index is 3.02. The molecular weight excluding hydrogens is 412 g/mol. The van der Waals surface area contributed by atoms with E-state index in [-0.39, 0.29) is 25.5 Å². The molecule has 0 radical (unpaired) electrons. The zero-order valence-corrected chi connectivity index (χ0v) is 16.8. The normalized spacial score (nSPS) is 12.8. The fraction of sp³-hybridized carbons (Fsp3) is 0.562. The molecule has 0 aliphatic rings. The minimum absolute atomic E-state index is 0.0313. The highest BCUT2D eigenvalue weighted by molar-refractivity contribution is 9.09. The van der Waals surface area contributed by atoms with Gasteiger partial charge in [-0.15, -0.1) is 0 Å². The molecule has 0 saturated carbocycles. The first-order valence-electron chi connectivity index (χ1n) is 7.85. The molecule has 0 aromatic heterocycles. The smallest absolute Gasteiger partial charge is 0.304 e. The minimum atomic E-state index is -3.48. The molecule has 0 amide bonds. The van der Waals surface area contributed by atoms with E-state index in [1.165, 1.54) is 0 Å². The van der Waals surface area contributed by atoms with Gasteiger partial charge < -0.3 is 15.7 Å². The molecule has 1 aromatic rings. The maximum atomic E-state index is 11.1. The predicted molar refractivity (Wildman–Crippen MR) is 102 cm³/mol. The first-order chi connectivity index (χ1) is 11.7. The van der Waals surface area contributed by atoms with E-state index < -0.39 is 16.1 Å². The number of anilines is 1. The standard InChI is InChI=1S/C16H25BrN2O5S/c1-12-3-4-14(10-15(12)13(11-18)9-16(20)21)19(6-5-17)7-8-24-25(2,22)23/h3-4,10,13H,5-9,11,18H2,1-2H3,(H,20,21). The largest absolute Gasteiger partial charge is 0.481 e.